The summed E-state index contributed by atoms with van der Waals surface area (Å²) in [5.41, 5.74) is 5.67. The van der Waals surface area contributed by atoms with Gasteiger partial charge in [0.05, 0.1) is 19.6 Å². The number of hydrogen-bond donors (Lipinski definition) is 2. The van der Waals surface area contributed by atoms with E-state index in [1.54, 1.807) is 0 Å². The Hall–Kier alpha value is -0.370. The number of hydrogen-bond acceptors (Lipinski definition) is 4. The number of aliphatic hydroxyl groups is 1. The summed E-state index contributed by atoms with van der Waals surface area (Å²) < 4.78 is 40.8. The van der Waals surface area contributed by atoms with Crippen LogP contribution in [0.15, 0.2) is 0 Å². The van der Waals surface area contributed by atoms with Crippen LogP contribution in [-0.4, -0.2) is 62.2 Å². The molecule has 0 rings (SSSR count). The number of alkyl halides is 3. The summed E-state index contributed by atoms with van der Waals surface area (Å²) in [6, 6.07) is -1.03. The lowest BCUT2D eigenvalue weighted by atomic mass is 10.1. The number of halogens is 3. The highest BCUT2D eigenvalue weighted by Crippen LogP contribution is 2.20. The smallest absolute Gasteiger partial charge is 0.390 e. The molecule has 16 heavy (non-hydrogen) atoms. The van der Waals surface area contributed by atoms with E-state index in [9.17, 15) is 13.2 Å². The van der Waals surface area contributed by atoms with Gasteiger partial charge in [-0.25, -0.2) is 0 Å². The van der Waals surface area contributed by atoms with Gasteiger partial charge in [0.1, 0.15) is 0 Å². The molecule has 2 atom stereocenters. The van der Waals surface area contributed by atoms with Gasteiger partial charge < -0.3 is 15.6 Å². The number of nitrogens with two attached hydrogens (primary N) is 1. The normalized spacial score (nSPS) is 16.5. The van der Waals surface area contributed by atoms with Crippen LogP contribution in [0.1, 0.15) is 6.42 Å². The molecule has 0 aliphatic heterocycles. The van der Waals surface area contributed by atoms with E-state index in [4.69, 9.17) is 15.6 Å². The van der Waals surface area contributed by atoms with Gasteiger partial charge in [0.25, 0.3) is 0 Å². The fourth-order valence-electron chi connectivity index (χ4n) is 1.37. The number of likely N-dealkylation sites (N-methyl/N-ethyl adjacent to an activating group) is 1. The van der Waals surface area contributed by atoms with E-state index in [2.05, 4.69) is 0 Å². The lowest BCUT2D eigenvalue weighted by molar-refractivity contribution is -0.139. The molecule has 0 aromatic rings. The summed E-state index contributed by atoms with van der Waals surface area (Å²) in [5.74, 6) is 0. The van der Waals surface area contributed by atoms with Crippen LogP contribution in [-0.2, 0) is 4.74 Å². The van der Waals surface area contributed by atoms with E-state index >= 15 is 0 Å². The topological polar surface area (TPSA) is 58.7 Å². The highest BCUT2D eigenvalue weighted by Gasteiger charge is 2.29. The molecule has 0 aliphatic carbocycles. The van der Waals surface area contributed by atoms with E-state index in [0.29, 0.717) is 0 Å². The molecule has 0 aromatic heterocycles. The van der Waals surface area contributed by atoms with Crippen molar-refractivity contribution < 1.29 is 23.0 Å². The molecule has 2 unspecified atom stereocenters. The van der Waals surface area contributed by atoms with E-state index in [1.807, 2.05) is 0 Å². The molecule has 0 saturated carbocycles. The molecule has 0 spiro atoms. The predicted molar refractivity (Wildman–Crippen MR) is 54.0 cm³/mol. The van der Waals surface area contributed by atoms with Crippen LogP contribution in [0.2, 0.25) is 0 Å². The van der Waals surface area contributed by atoms with E-state index < -0.39 is 24.7 Å². The Bertz CT molecular complexity index is 190. The van der Waals surface area contributed by atoms with Gasteiger partial charge in [-0.05, 0) is 7.05 Å². The average molecular weight is 244 g/mol. The molecular weight excluding hydrogens is 225 g/mol. The summed E-state index contributed by atoms with van der Waals surface area (Å²) in [6.07, 6.45) is -5.11. The fourth-order valence-corrected chi connectivity index (χ4v) is 1.37. The summed E-state index contributed by atoms with van der Waals surface area (Å²) in [7, 11) is 2.95. The maximum absolute atomic E-state index is 12.0. The Morgan fingerprint density at radius 3 is 2.38 bits per heavy atom. The average Bonchev–Trinajstić information content (AvgIpc) is 2.15. The van der Waals surface area contributed by atoms with Gasteiger partial charge in [-0.2, -0.15) is 13.2 Å². The predicted octanol–water partition coefficient (Wildman–Crippen LogP) is 0.205. The molecule has 0 fully saturated rings. The zero-order valence-corrected chi connectivity index (χ0v) is 9.50. The SMILES string of the molecule is COCC(N)C(CO)N(C)CCC(F)(F)F. The zero-order chi connectivity index (χ0) is 12.8. The Kier molecular flexibility index (Phi) is 6.89. The second-order valence-corrected chi connectivity index (χ2v) is 3.71. The second kappa shape index (κ2) is 7.05. The van der Waals surface area contributed by atoms with Gasteiger partial charge in [0, 0.05) is 25.7 Å². The monoisotopic (exact) mass is 244 g/mol. The van der Waals surface area contributed by atoms with Crippen molar-refractivity contribution in [2.45, 2.75) is 24.7 Å². The number of rotatable bonds is 7. The van der Waals surface area contributed by atoms with Gasteiger partial charge in [0.2, 0.25) is 0 Å². The van der Waals surface area contributed by atoms with E-state index in [-0.39, 0.29) is 19.8 Å². The van der Waals surface area contributed by atoms with Crippen LogP contribution < -0.4 is 5.73 Å². The van der Waals surface area contributed by atoms with E-state index in [0.717, 1.165) is 0 Å². The minimum atomic E-state index is -4.19. The Morgan fingerprint density at radius 1 is 1.44 bits per heavy atom. The molecular formula is C9H19F3N2O2. The highest BCUT2D eigenvalue weighted by molar-refractivity contribution is 4.80. The van der Waals surface area contributed by atoms with Gasteiger partial charge in [0.15, 0.2) is 0 Å². The Morgan fingerprint density at radius 2 is 2.00 bits per heavy atom. The van der Waals surface area contributed by atoms with E-state index in [1.165, 1.54) is 19.1 Å². The third-order valence-corrected chi connectivity index (χ3v) is 2.35. The van der Waals surface area contributed by atoms with Crippen molar-refractivity contribution in [1.82, 2.24) is 4.90 Å². The summed E-state index contributed by atoms with van der Waals surface area (Å²) >= 11 is 0. The van der Waals surface area contributed by atoms with Crippen molar-refractivity contribution in [3.05, 3.63) is 0 Å². The van der Waals surface area contributed by atoms with Crippen LogP contribution in [0.25, 0.3) is 0 Å². The molecule has 3 N–H and O–H groups in total. The first-order valence-electron chi connectivity index (χ1n) is 4.94. The van der Waals surface area contributed by atoms with Gasteiger partial charge >= 0.3 is 6.18 Å². The number of ether oxygens (including phenoxy) is 1. The maximum atomic E-state index is 12.0. The number of aliphatic hydroxyl groups excluding tert-OH is 1. The maximum Gasteiger partial charge on any atom is 0.390 e. The molecule has 0 bridgehead atoms. The molecule has 0 radical (unpaired) electrons. The first-order valence-corrected chi connectivity index (χ1v) is 4.94. The summed E-state index contributed by atoms with van der Waals surface area (Å²) in [4.78, 5) is 1.40. The molecule has 0 amide bonds. The van der Waals surface area contributed by atoms with Gasteiger partial charge in [-0.15, -0.1) is 0 Å². The fraction of sp³-hybridized carbons (Fsp3) is 1.00. The zero-order valence-electron chi connectivity index (χ0n) is 9.50. The third-order valence-electron chi connectivity index (χ3n) is 2.35. The van der Waals surface area contributed by atoms with Crippen molar-refractivity contribution in [3.63, 3.8) is 0 Å². The highest BCUT2D eigenvalue weighted by atomic mass is 19.4. The van der Waals surface area contributed by atoms with Crippen molar-refractivity contribution in [2.24, 2.45) is 5.73 Å². The van der Waals surface area contributed by atoms with Gasteiger partial charge in [-0.1, -0.05) is 0 Å². The summed E-state index contributed by atoms with van der Waals surface area (Å²) in [5, 5.41) is 9.06. The first-order chi connectivity index (χ1) is 7.31. The molecule has 0 saturated heterocycles. The number of methoxy groups -OCH3 is 1. The van der Waals surface area contributed by atoms with Crippen LogP contribution in [0.3, 0.4) is 0 Å². The van der Waals surface area contributed by atoms with Crippen molar-refractivity contribution in [3.8, 4) is 0 Å². The lowest BCUT2D eigenvalue weighted by Crippen LogP contribution is -2.51. The second-order valence-electron chi connectivity index (χ2n) is 3.71. The van der Waals surface area contributed by atoms with Crippen molar-refractivity contribution >= 4 is 0 Å². The minimum absolute atomic E-state index is 0.188. The lowest BCUT2D eigenvalue weighted by Gasteiger charge is -2.31. The largest absolute Gasteiger partial charge is 0.395 e. The Balaban J connectivity index is 4.15. The molecule has 4 nitrogen and oxygen atoms in total. The van der Waals surface area contributed by atoms with Crippen molar-refractivity contribution in [1.29, 1.82) is 0 Å². The van der Waals surface area contributed by atoms with Crippen molar-refractivity contribution in [2.75, 3.05) is 33.9 Å². The standard InChI is InChI=1S/C9H19F3N2O2/c1-14(4-3-9(10,11)12)8(5-15)7(13)6-16-2/h7-8,15H,3-6,13H2,1-2H3. The Labute approximate surface area is 93.2 Å². The van der Waals surface area contributed by atoms with Gasteiger partial charge in [-0.3, -0.25) is 4.90 Å². The van der Waals surface area contributed by atoms with Crippen LogP contribution in [0.5, 0.6) is 0 Å². The van der Waals surface area contributed by atoms with Crippen LogP contribution >= 0.6 is 0 Å². The quantitative estimate of drug-likeness (QED) is 0.672. The van der Waals surface area contributed by atoms with Crippen LogP contribution in [0.4, 0.5) is 13.2 Å². The minimum Gasteiger partial charge on any atom is -0.395 e. The molecule has 0 heterocycles. The summed E-state index contributed by atoms with van der Waals surface area (Å²) in [6.45, 7) is -0.285. The third kappa shape index (κ3) is 6.26. The first kappa shape index (κ1) is 15.6. The van der Waals surface area contributed by atoms with Crippen LogP contribution in [0, 0.1) is 0 Å². The molecule has 7 heteroatoms. The number of nitrogens with zero attached hydrogens (tertiary/aromatic N) is 1. The molecule has 98 valence electrons. The molecule has 0 aliphatic rings. The molecule has 0 aromatic carbocycles.